The summed E-state index contributed by atoms with van der Waals surface area (Å²) in [7, 11) is 3.41. The second-order valence-electron chi connectivity index (χ2n) is 4.04. The summed E-state index contributed by atoms with van der Waals surface area (Å²) >= 11 is 0. The quantitative estimate of drug-likeness (QED) is 0.717. The molecule has 2 rings (SSSR count). The van der Waals surface area contributed by atoms with Gasteiger partial charge in [-0.1, -0.05) is 12.1 Å². The molecule has 0 radical (unpaired) electrons. The highest BCUT2D eigenvalue weighted by Gasteiger charge is 2.34. The van der Waals surface area contributed by atoms with E-state index in [0.29, 0.717) is 11.5 Å². The Balaban J connectivity index is 2.24. The maximum absolute atomic E-state index is 11.8. The largest absolute Gasteiger partial charge is 0.482 e. The SMILES string of the molecule is C[C@@H]1Oc2ccccc2O[C@@H]1C(=O)N(C)C. The predicted octanol–water partition coefficient (Wildman–Crippen LogP) is 1.30. The summed E-state index contributed by atoms with van der Waals surface area (Å²) in [6, 6.07) is 7.37. The minimum atomic E-state index is -0.565. The molecule has 0 fully saturated rings. The van der Waals surface area contributed by atoms with Gasteiger partial charge in [-0.3, -0.25) is 4.79 Å². The third kappa shape index (κ3) is 1.83. The van der Waals surface area contributed by atoms with E-state index in [9.17, 15) is 4.79 Å². The first kappa shape index (κ1) is 10.8. The normalized spacial score (nSPS) is 22.7. The second-order valence-corrected chi connectivity index (χ2v) is 4.04. The first-order valence-corrected chi connectivity index (χ1v) is 5.23. The zero-order valence-corrected chi connectivity index (χ0v) is 9.64. The maximum atomic E-state index is 11.8. The average Bonchev–Trinajstić information content (AvgIpc) is 2.27. The Kier molecular flexibility index (Phi) is 2.73. The van der Waals surface area contributed by atoms with Crippen molar-refractivity contribution >= 4 is 5.91 Å². The van der Waals surface area contributed by atoms with Crippen LogP contribution in [0.2, 0.25) is 0 Å². The molecule has 2 atom stereocenters. The minimum absolute atomic E-state index is 0.0815. The molecule has 1 heterocycles. The Hall–Kier alpha value is -1.71. The van der Waals surface area contributed by atoms with Gasteiger partial charge < -0.3 is 14.4 Å². The van der Waals surface area contributed by atoms with Gasteiger partial charge in [0.15, 0.2) is 11.5 Å². The van der Waals surface area contributed by atoms with E-state index >= 15 is 0 Å². The number of carbonyl (C=O) groups excluding carboxylic acids is 1. The van der Waals surface area contributed by atoms with E-state index in [1.54, 1.807) is 20.2 Å². The van der Waals surface area contributed by atoms with Crippen molar-refractivity contribution < 1.29 is 14.3 Å². The number of nitrogens with zero attached hydrogens (tertiary/aromatic N) is 1. The van der Waals surface area contributed by atoms with Crippen molar-refractivity contribution in [2.24, 2.45) is 0 Å². The smallest absolute Gasteiger partial charge is 0.267 e. The van der Waals surface area contributed by atoms with Gasteiger partial charge in [0.25, 0.3) is 5.91 Å². The number of benzene rings is 1. The second kappa shape index (κ2) is 4.04. The molecule has 1 aliphatic rings. The van der Waals surface area contributed by atoms with Crippen molar-refractivity contribution in [1.82, 2.24) is 4.90 Å². The van der Waals surface area contributed by atoms with Gasteiger partial charge >= 0.3 is 0 Å². The molecule has 1 amide bonds. The molecule has 0 spiro atoms. The first-order valence-electron chi connectivity index (χ1n) is 5.23. The lowest BCUT2D eigenvalue weighted by atomic mass is 10.1. The number of ether oxygens (including phenoxy) is 2. The van der Waals surface area contributed by atoms with Gasteiger partial charge in [0, 0.05) is 14.1 Å². The predicted molar refractivity (Wildman–Crippen MR) is 59.6 cm³/mol. The number of hydrogen-bond acceptors (Lipinski definition) is 3. The van der Waals surface area contributed by atoms with Crippen LogP contribution in [-0.2, 0) is 4.79 Å². The van der Waals surface area contributed by atoms with E-state index in [4.69, 9.17) is 9.47 Å². The number of carbonyl (C=O) groups is 1. The molecule has 4 nitrogen and oxygen atoms in total. The molecule has 0 aromatic heterocycles. The zero-order valence-electron chi connectivity index (χ0n) is 9.64. The average molecular weight is 221 g/mol. The van der Waals surface area contributed by atoms with Gasteiger partial charge in [-0.25, -0.2) is 0 Å². The molecule has 0 saturated carbocycles. The number of fused-ring (bicyclic) bond motifs is 1. The molecule has 86 valence electrons. The Bertz CT molecular complexity index is 403. The van der Waals surface area contributed by atoms with Crippen molar-refractivity contribution in [3.63, 3.8) is 0 Å². The molecule has 1 aromatic carbocycles. The first-order chi connectivity index (χ1) is 7.59. The summed E-state index contributed by atoms with van der Waals surface area (Å²) in [6.45, 7) is 1.84. The fraction of sp³-hybridized carbons (Fsp3) is 0.417. The van der Waals surface area contributed by atoms with Crippen LogP contribution in [-0.4, -0.2) is 37.1 Å². The Morgan fingerprint density at radius 1 is 1.19 bits per heavy atom. The third-order valence-corrected chi connectivity index (χ3v) is 2.53. The van der Waals surface area contributed by atoms with Crippen LogP contribution < -0.4 is 9.47 Å². The number of rotatable bonds is 1. The Morgan fingerprint density at radius 3 is 2.31 bits per heavy atom. The fourth-order valence-corrected chi connectivity index (χ4v) is 1.65. The molecule has 0 aliphatic carbocycles. The molecule has 1 aromatic rings. The van der Waals surface area contributed by atoms with Crippen molar-refractivity contribution in [3.05, 3.63) is 24.3 Å². The summed E-state index contributed by atoms with van der Waals surface area (Å²) < 4.78 is 11.3. The van der Waals surface area contributed by atoms with Crippen LogP contribution in [0, 0.1) is 0 Å². The van der Waals surface area contributed by atoms with E-state index in [-0.39, 0.29) is 12.0 Å². The third-order valence-electron chi connectivity index (χ3n) is 2.53. The zero-order chi connectivity index (χ0) is 11.7. The van der Waals surface area contributed by atoms with Crippen molar-refractivity contribution in [2.75, 3.05) is 14.1 Å². The van der Waals surface area contributed by atoms with Crippen LogP contribution >= 0.6 is 0 Å². The Morgan fingerprint density at radius 2 is 1.75 bits per heavy atom. The molecule has 0 saturated heterocycles. The summed E-state index contributed by atoms with van der Waals surface area (Å²) in [4.78, 5) is 13.4. The summed E-state index contributed by atoms with van der Waals surface area (Å²) in [5, 5.41) is 0. The lowest BCUT2D eigenvalue weighted by Gasteiger charge is -2.32. The highest BCUT2D eigenvalue weighted by molar-refractivity contribution is 5.81. The maximum Gasteiger partial charge on any atom is 0.267 e. The number of hydrogen-bond donors (Lipinski definition) is 0. The van der Waals surface area contributed by atoms with Gasteiger partial charge in [0.1, 0.15) is 6.10 Å². The van der Waals surface area contributed by atoms with Gasteiger partial charge in [-0.05, 0) is 19.1 Å². The minimum Gasteiger partial charge on any atom is -0.482 e. The standard InChI is InChI=1S/C12H15NO3/c1-8-11(12(14)13(2)3)16-10-7-5-4-6-9(10)15-8/h4-8,11H,1-3H3/t8-,11-/m0/s1. The lowest BCUT2D eigenvalue weighted by molar-refractivity contribution is -0.141. The lowest BCUT2D eigenvalue weighted by Crippen LogP contribution is -2.48. The van der Waals surface area contributed by atoms with Crippen molar-refractivity contribution in [2.45, 2.75) is 19.1 Å². The summed E-state index contributed by atoms with van der Waals surface area (Å²) in [6.07, 6.45) is -0.838. The summed E-state index contributed by atoms with van der Waals surface area (Å²) in [5.41, 5.74) is 0. The highest BCUT2D eigenvalue weighted by atomic mass is 16.6. The highest BCUT2D eigenvalue weighted by Crippen LogP contribution is 2.33. The molecule has 16 heavy (non-hydrogen) atoms. The molecule has 4 heteroatoms. The monoisotopic (exact) mass is 221 g/mol. The van der Waals surface area contributed by atoms with Gasteiger partial charge in [0.05, 0.1) is 0 Å². The van der Waals surface area contributed by atoms with Gasteiger partial charge in [-0.2, -0.15) is 0 Å². The Labute approximate surface area is 94.8 Å². The van der Waals surface area contributed by atoms with E-state index in [1.165, 1.54) is 4.90 Å². The van der Waals surface area contributed by atoms with E-state index < -0.39 is 6.10 Å². The van der Waals surface area contributed by atoms with Gasteiger partial charge in [-0.15, -0.1) is 0 Å². The molecule has 0 N–H and O–H groups in total. The van der Waals surface area contributed by atoms with Crippen LogP contribution in [0.3, 0.4) is 0 Å². The fourth-order valence-electron chi connectivity index (χ4n) is 1.65. The molecule has 1 aliphatic heterocycles. The van der Waals surface area contributed by atoms with Crippen LogP contribution in [0.4, 0.5) is 0 Å². The van der Waals surface area contributed by atoms with Crippen LogP contribution in [0.5, 0.6) is 11.5 Å². The number of likely N-dealkylation sites (N-methyl/N-ethyl adjacent to an activating group) is 1. The van der Waals surface area contributed by atoms with Crippen LogP contribution in [0.15, 0.2) is 24.3 Å². The van der Waals surface area contributed by atoms with E-state index in [2.05, 4.69) is 0 Å². The van der Waals surface area contributed by atoms with E-state index in [0.717, 1.165) is 0 Å². The summed E-state index contributed by atoms with van der Waals surface area (Å²) in [5.74, 6) is 1.24. The number of amides is 1. The molecule has 0 unspecified atom stereocenters. The van der Waals surface area contributed by atoms with Gasteiger partial charge in [0.2, 0.25) is 6.10 Å². The van der Waals surface area contributed by atoms with Crippen molar-refractivity contribution in [1.29, 1.82) is 0 Å². The van der Waals surface area contributed by atoms with E-state index in [1.807, 2.05) is 25.1 Å². The van der Waals surface area contributed by atoms with Crippen LogP contribution in [0.1, 0.15) is 6.92 Å². The molecular formula is C12H15NO3. The van der Waals surface area contributed by atoms with Crippen molar-refractivity contribution in [3.8, 4) is 11.5 Å². The molecule has 0 bridgehead atoms. The molecular weight excluding hydrogens is 206 g/mol. The topological polar surface area (TPSA) is 38.8 Å². The van der Waals surface area contributed by atoms with Crippen LogP contribution in [0.25, 0.3) is 0 Å². The number of para-hydroxylation sites is 2.